The fraction of sp³-hybridized carbons (Fsp3) is 0.250. The van der Waals surface area contributed by atoms with Crippen LogP contribution < -0.4 is 4.74 Å². The fourth-order valence-electron chi connectivity index (χ4n) is 0.713. The van der Waals surface area contributed by atoms with Crippen LogP contribution in [0.3, 0.4) is 0 Å². The summed E-state index contributed by atoms with van der Waals surface area (Å²) in [5.74, 6) is 0.485. The molecular weight excluding hydrogens is 160 g/mol. The monoisotopic (exact) mass is 170 g/mol. The van der Waals surface area contributed by atoms with E-state index in [2.05, 4.69) is 4.74 Å². The summed E-state index contributed by atoms with van der Waals surface area (Å²) >= 11 is 0. The summed E-state index contributed by atoms with van der Waals surface area (Å²) in [6.45, 7) is -1.99. The Morgan fingerprint density at radius 2 is 1.92 bits per heavy atom. The third kappa shape index (κ3) is 2.87. The van der Waals surface area contributed by atoms with Crippen LogP contribution in [0.1, 0.15) is 0 Å². The zero-order valence-corrected chi connectivity index (χ0v) is 6.38. The van der Waals surface area contributed by atoms with Crippen molar-refractivity contribution in [3.8, 4) is 5.75 Å². The van der Waals surface area contributed by atoms with Gasteiger partial charge in [0.2, 0.25) is 0 Å². The van der Waals surface area contributed by atoms with Crippen molar-refractivity contribution in [1.29, 1.82) is 0 Å². The predicted octanol–water partition coefficient (Wildman–Crippen LogP) is 0.308. The largest absolute Gasteiger partial charge is 0.441 e. The molecule has 66 valence electrons. The highest BCUT2D eigenvalue weighted by Gasteiger charge is 2.03. The SMILES string of the molecule is OCOC(O)Oc1ccccc1. The lowest BCUT2D eigenvalue weighted by Gasteiger charge is -2.11. The van der Waals surface area contributed by atoms with Crippen LogP contribution in [-0.2, 0) is 4.74 Å². The Bertz CT molecular complexity index is 212. The number of benzene rings is 1. The van der Waals surface area contributed by atoms with E-state index in [1.54, 1.807) is 24.3 Å². The van der Waals surface area contributed by atoms with Gasteiger partial charge in [0.25, 0.3) is 0 Å². The molecule has 0 aliphatic carbocycles. The quantitative estimate of drug-likeness (QED) is 0.638. The predicted molar refractivity (Wildman–Crippen MR) is 41.2 cm³/mol. The first-order valence-corrected chi connectivity index (χ1v) is 3.45. The van der Waals surface area contributed by atoms with Gasteiger partial charge >= 0.3 is 6.48 Å². The highest BCUT2D eigenvalue weighted by Crippen LogP contribution is 2.09. The zero-order valence-electron chi connectivity index (χ0n) is 6.38. The number of hydrogen-bond acceptors (Lipinski definition) is 4. The average Bonchev–Trinajstić information content (AvgIpc) is 2.06. The maximum Gasteiger partial charge on any atom is 0.315 e. The van der Waals surface area contributed by atoms with Gasteiger partial charge in [-0.15, -0.1) is 0 Å². The van der Waals surface area contributed by atoms with Crippen molar-refractivity contribution in [3.63, 3.8) is 0 Å². The first-order chi connectivity index (χ1) is 5.83. The normalized spacial score (nSPS) is 12.5. The maximum absolute atomic E-state index is 8.90. The Morgan fingerprint density at radius 1 is 1.25 bits per heavy atom. The van der Waals surface area contributed by atoms with Crippen molar-refractivity contribution in [2.45, 2.75) is 6.48 Å². The maximum atomic E-state index is 8.90. The number of aliphatic hydroxyl groups excluding tert-OH is 2. The molecule has 0 aliphatic heterocycles. The molecule has 1 rings (SSSR count). The lowest BCUT2D eigenvalue weighted by atomic mass is 10.3. The molecule has 1 aromatic carbocycles. The van der Waals surface area contributed by atoms with E-state index in [0.717, 1.165) is 0 Å². The van der Waals surface area contributed by atoms with Gasteiger partial charge in [0.1, 0.15) is 12.5 Å². The Kier molecular flexibility index (Phi) is 3.53. The summed E-state index contributed by atoms with van der Waals surface area (Å²) in [6, 6.07) is 8.70. The van der Waals surface area contributed by atoms with Gasteiger partial charge in [-0.2, -0.15) is 0 Å². The van der Waals surface area contributed by atoms with Crippen LogP contribution in [0.4, 0.5) is 0 Å². The summed E-state index contributed by atoms with van der Waals surface area (Å²) in [5.41, 5.74) is 0. The van der Waals surface area contributed by atoms with E-state index >= 15 is 0 Å². The van der Waals surface area contributed by atoms with Crippen molar-refractivity contribution in [2.24, 2.45) is 0 Å². The van der Waals surface area contributed by atoms with Gasteiger partial charge in [0.15, 0.2) is 0 Å². The van der Waals surface area contributed by atoms with Crippen molar-refractivity contribution < 1.29 is 19.7 Å². The third-order valence-corrected chi connectivity index (χ3v) is 1.20. The average molecular weight is 170 g/mol. The second-order valence-corrected chi connectivity index (χ2v) is 2.03. The minimum atomic E-state index is -1.42. The van der Waals surface area contributed by atoms with E-state index < -0.39 is 13.3 Å². The van der Waals surface area contributed by atoms with Gasteiger partial charge in [0, 0.05) is 0 Å². The molecule has 1 atom stereocenters. The number of rotatable bonds is 4. The molecule has 0 bridgehead atoms. The molecule has 0 aliphatic rings. The van der Waals surface area contributed by atoms with Crippen molar-refractivity contribution in [2.75, 3.05) is 6.79 Å². The van der Waals surface area contributed by atoms with Crippen LogP contribution in [0, 0.1) is 0 Å². The number of hydrogen-bond donors (Lipinski definition) is 2. The van der Waals surface area contributed by atoms with Crippen LogP contribution in [0.2, 0.25) is 0 Å². The summed E-state index contributed by atoms with van der Waals surface area (Å²) in [4.78, 5) is 0. The number of para-hydroxylation sites is 1. The van der Waals surface area contributed by atoms with Crippen LogP contribution >= 0.6 is 0 Å². The first kappa shape index (κ1) is 8.99. The second-order valence-electron chi connectivity index (χ2n) is 2.03. The molecule has 0 saturated heterocycles. The van der Waals surface area contributed by atoms with E-state index in [-0.39, 0.29) is 0 Å². The standard InChI is InChI=1S/C8H10O4/c9-6-11-8(10)12-7-4-2-1-3-5-7/h1-5,8-10H,6H2. The van der Waals surface area contributed by atoms with Gasteiger partial charge in [-0.3, -0.25) is 4.74 Å². The molecule has 4 heteroatoms. The molecule has 0 amide bonds. The molecular formula is C8H10O4. The van der Waals surface area contributed by atoms with E-state index in [1.165, 1.54) is 0 Å². The lowest BCUT2D eigenvalue weighted by molar-refractivity contribution is -0.245. The molecule has 12 heavy (non-hydrogen) atoms. The summed E-state index contributed by atoms with van der Waals surface area (Å²) < 4.78 is 9.16. The lowest BCUT2D eigenvalue weighted by Crippen LogP contribution is -2.19. The van der Waals surface area contributed by atoms with E-state index in [9.17, 15) is 0 Å². The van der Waals surface area contributed by atoms with Crippen LogP contribution in [0.5, 0.6) is 5.75 Å². The summed E-state index contributed by atoms with van der Waals surface area (Å²) in [7, 11) is 0. The molecule has 1 aromatic rings. The molecule has 0 aromatic heterocycles. The Hall–Kier alpha value is -1.10. The summed E-state index contributed by atoms with van der Waals surface area (Å²) in [6.07, 6.45) is 0. The second kappa shape index (κ2) is 4.71. The molecule has 0 radical (unpaired) electrons. The molecule has 0 fully saturated rings. The Labute approximate surface area is 70.0 Å². The summed E-state index contributed by atoms with van der Waals surface area (Å²) in [5, 5.41) is 17.2. The minimum absolute atomic E-state index is 0.485. The van der Waals surface area contributed by atoms with Gasteiger partial charge < -0.3 is 14.9 Å². The fourth-order valence-corrected chi connectivity index (χ4v) is 0.713. The molecule has 4 nitrogen and oxygen atoms in total. The van der Waals surface area contributed by atoms with Crippen LogP contribution in [0.25, 0.3) is 0 Å². The molecule has 1 unspecified atom stereocenters. The van der Waals surface area contributed by atoms with E-state index in [1.807, 2.05) is 6.07 Å². The van der Waals surface area contributed by atoms with Crippen molar-refractivity contribution in [1.82, 2.24) is 0 Å². The van der Waals surface area contributed by atoms with Gasteiger partial charge in [-0.1, -0.05) is 18.2 Å². The molecule has 2 N–H and O–H groups in total. The zero-order chi connectivity index (χ0) is 8.81. The molecule has 0 saturated carbocycles. The highest BCUT2D eigenvalue weighted by atomic mass is 16.8. The van der Waals surface area contributed by atoms with Crippen molar-refractivity contribution >= 4 is 0 Å². The van der Waals surface area contributed by atoms with Crippen LogP contribution in [0.15, 0.2) is 30.3 Å². The number of ether oxygens (including phenoxy) is 2. The minimum Gasteiger partial charge on any atom is -0.441 e. The molecule has 0 heterocycles. The van der Waals surface area contributed by atoms with Crippen molar-refractivity contribution in [3.05, 3.63) is 30.3 Å². The highest BCUT2D eigenvalue weighted by molar-refractivity contribution is 5.20. The first-order valence-electron chi connectivity index (χ1n) is 3.45. The topological polar surface area (TPSA) is 58.9 Å². The smallest absolute Gasteiger partial charge is 0.315 e. The van der Waals surface area contributed by atoms with Crippen LogP contribution in [-0.4, -0.2) is 23.5 Å². The van der Waals surface area contributed by atoms with E-state index in [4.69, 9.17) is 14.9 Å². The van der Waals surface area contributed by atoms with E-state index in [0.29, 0.717) is 5.75 Å². The Morgan fingerprint density at radius 3 is 2.50 bits per heavy atom. The van der Waals surface area contributed by atoms with Gasteiger partial charge in [0.05, 0.1) is 0 Å². The van der Waals surface area contributed by atoms with Gasteiger partial charge in [-0.05, 0) is 12.1 Å². The van der Waals surface area contributed by atoms with Gasteiger partial charge in [-0.25, -0.2) is 0 Å². The molecule has 0 spiro atoms. The number of aliphatic hydroxyl groups is 2. The third-order valence-electron chi connectivity index (χ3n) is 1.20. The Balaban J connectivity index is 2.41.